The van der Waals surface area contributed by atoms with Crippen molar-refractivity contribution in [1.82, 2.24) is 29.2 Å². The number of nitrogens with zero attached hydrogens (tertiary/aromatic N) is 5. The number of H-pyrrole nitrogens is 1. The van der Waals surface area contributed by atoms with Crippen LogP contribution in [0, 0.1) is 0 Å². The van der Waals surface area contributed by atoms with E-state index in [1.54, 1.807) is 0 Å². The minimum atomic E-state index is 0.665. The SMILES string of the molecule is Cn1cc(-c2cc3c(ncc4c[nH]n(C)c43)n2)c2cc(OCCN3CCOCC3)ccc21. The number of benzene rings is 1. The monoisotopic (exact) mass is 430 g/mol. The van der Waals surface area contributed by atoms with Gasteiger partial charge in [-0.3, -0.25) is 9.58 Å². The fraction of sp³-hybridized carbons (Fsp3) is 0.333. The van der Waals surface area contributed by atoms with Crippen LogP contribution in [0.3, 0.4) is 0 Å². The highest BCUT2D eigenvalue weighted by atomic mass is 16.5. The Morgan fingerprint density at radius 2 is 2.00 bits per heavy atom. The summed E-state index contributed by atoms with van der Waals surface area (Å²) in [7, 11) is 4.07. The van der Waals surface area contributed by atoms with E-state index >= 15 is 0 Å². The van der Waals surface area contributed by atoms with Crippen molar-refractivity contribution in [2.45, 2.75) is 0 Å². The molecule has 1 aromatic carbocycles. The van der Waals surface area contributed by atoms with Crippen LogP contribution in [0.5, 0.6) is 5.75 Å². The molecule has 0 saturated carbocycles. The van der Waals surface area contributed by atoms with E-state index in [1.165, 1.54) is 0 Å². The van der Waals surface area contributed by atoms with Gasteiger partial charge in [-0.15, -0.1) is 0 Å². The second-order valence-electron chi connectivity index (χ2n) is 8.41. The van der Waals surface area contributed by atoms with Crippen molar-refractivity contribution in [3.05, 3.63) is 42.9 Å². The summed E-state index contributed by atoms with van der Waals surface area (Å²) in [5.41, 5.74) is 5.04. The van der Waals surface area contributed by atoms with Gasteiger partial charge in [0, 0.05) is 79.6 Å². The summed E-state index contributed by atoms with van der Waals surface area (Å²) in [6.45, 7) is 5.14. The van der Waals surface area contributed by atoms with Gasteiger partial charge in [-0.25, -0.2) is 9.97 Å². The predicted molar refractivity (Wildman–Crippen MR) is 125 cm³/mol. The fourth-order valence-corrected chi connectivity index (χ4v) is 4.66. The molecule has 1 aliphatic heterocycles. The summed E-state index contributed by atoms with van der Waals surface area (Å²) in [4.78, 5) is 11.8. The van der Waals surface area contributed by atoms with Crippen LogP contribution in [0.2, 0.25) is 0 Å². The Labute approximate surface area is 185 Å². The Morgan fingerprint density at radius 1 is 1.12 bits per heavy atom. The van der Waals surface area contributed by atoms with Gasteiger partial charge in [-0.05, 0) is 24.3 Å². The quantitative estimate of drug-likeness (QED) is 0.463. The highest BCUT2D eigenvalue weighted by molar-refractivity contribution is 6.06. The van der Waals surface area contributed by atoms with Gasteiger partial charge in [0.15, 0.2) is 5.65 Å². The van der Waals surface area contributed by atoms with E-state index in [2.05, 4.69) is 51.0 Å². The third-order valence-corrected chi connectivity index (χ3v) is 6.37. The highest BCUT2D eigenvalue weighted by Gasteiger charge is 2.16. The number of aromatic nitrogens is 5. The van der Waals surface area contributed by atoms with Gasteiger partial charge in [-0.1, -0.05) is 0 Å². The molecule has 1 aliphatic rings. The van der Waals surface area contributed by atoms with Crippen molar-refractivity contribution in [3.63, 3.8) is 0 Å². The second-order valence-corrected chi connectivity index (χ2v) is 8.41. The summed E-state index contributed by atoms with van der Waals surface area (Å²) in [6, 6.07) is 8.43. The number of fused-ring (bicyclic) bond motifs is 4. The summed E-state index contributed by atoms with van der Waals surface area (Å²) in [5, 5.41) is 6.48. The standard InChI is InChI=1S/C24H26N6O2/c1-28-15-20(21-12-19-23-16(14-26-29(23)2)13-25-24(19)27-21)18-11-17(3-4-22(18)28)32-10-7-30-5-8-31-9-6-30/h3-4,11-15,26H,5-10H2,1-2H3. The van der Waals surface area contributed by atoms with Crippen LogP contribution in [0.25, 0.3) is 44.1 Å². The third kappa shape index (κ3) is 3.23. The number of aryl methyl sites for hydroxylation is 2. The van der Waals surface area contributed by atoms with Crippen LogP contribution in [0.1, 0.15) is 0 Å². The van der Waals surface area contributed by atoms with Gasteiger partial charge in [0.1, 0.15) is 12.4 Å². The number of hydrogen-bond acceptors (Lipinski definition) is 5. The number of aromatic amines is 1. The first-order valence-corrected chi connectivity index (χ1v) is 11.0. The second kappa shape index (κ2) is 7.65. The largest absolute Gasteiger partial charge is 0.492 e. The number of nitrogens with one attached hydrogen (secondary N) is 1. The molecule has 4 aromatic heterocycles. The lowest BCUT2D eigenvalue weighted by Crippen LogP contribution is -2.38. The lowest BCUT2D eigenvalue weighted by molar-refractivity contribution is 0.0322. The van der Waals surface area contributed by atoms with E-state index in [1.807, 2.05) is 30.2 Å². The highest BCUT2D eigenvalue weighted by Crippen LogP contribution is 2.35. The molecule has 6 rings (SSSR count). The molecule has 0 amide bonds. The maximum absolute atomic E-state index is 6.11. The predicted octanol–water partition coefficient (Wildman–Crippen LogP) is 3.32. The summed E-state index contributed by atoms with van der Waals surface area (Å²) >= 11 is 0. The number of ether oxygens (including phenoxy) is 2. The van der Waals surface area contributed by atoms with Gasteiger partial charge >= 0.3 is 0 Å². The van der Waals surface area contributed by atoms with Crippen molar-refractivity contribution >= 4 is 32.8 Å². The molecule has 8 nitrogen and oxygen atoms in total. The molecule has 1 N–H and O–H groups in total. The van der Waals surface area contributed by atoms with Crippen molar-refractivity contribution in [2.75, 3.05) is 39.5 Å². The first kappa shape index (κ1) is 19.3. The molecule has 0 atom stereocenters. The van der Waals surface area contributed by atoms with Crippen molar-refractivity contribution in [1.29, 1.82) is 0 Å². The molecule has 0 bridgehead atoms. The normalized spacial score (nSPS) is 15.3. The molecule has 0 spiro atoms. The van der Waals surface area contributed by atoms with E-state index in [4.69, 9.17) is 14.5 Å². The van der Waals surface area contributed by atoms with E-state index in [0.29, 0.717) is 6.61 Å². The Morgan fingerprint density at radius 3 is 2.88 bits per heavy atom. The molecule has 0 radical (unpaired) electrons. The van der Waals surface area contributed by atoms with E-state index in [0.717, 1.165) is 82.7 Å². The average Bonchev–Trinajstić information content (AvgIpc) is 3.49. The lowest BCUT2D eigenvalue weighted by Gasteiger charge is -2.26. The molecule has 32 heavy (non-hydrogen) atoms. The molecule has 164 valence electrons. The summed E-state index contributed by atoms with van der Waals surface area (Å²) in [5.74, 6) is 0.881. The van der Waals surface area contributed by atoms with Crippen LogP contribution in [-0.2, 0) is 18.8 Å². The van der Waals surface area contributed by atoms with Crippen molar-refractivity contribution in [2.24, 2.45) is 14.1 Å². The van der Waals surface area contributed by atoms with Gasteiger partial charge in [0.2, 0.25) is 0 Å². The van der Waals surface area contributed by atoms with E-state index < -0.39 is 0 Å². The maximum atomic E-state index is 6.11. The summed E-state index contributed by atoms with van der Waals surface area (Å²) in [6.07, 6.45) is 5.97. The zero-order valence-electron chi connectivity index (χ0n) is 18.3. The van der Waals surface area contributed by atoms with Crippen LogP contribution in [0.4, 0.5) is 0 Å². The van der Waals surface area contributed by atoms with Crippen molar-refractivity contribution < 1.29 is 9.47 Å². The number of hydrogen-bond donors (Lipinski definition) is 1. The number of rotatable bonds is 5. The number of morpholine rings is 1. The molecule has 1 fully saturated rings. The Balaban J connectivity index is 1.34. The minimum absolute atomic E-state index is 0.665. The first-order chi connectivity index (χ1) is 15.7. The Kier molecular flexibility index (Phi) is 4.62. The fourth-order valence-electron chi connectivity index (χ4n) is 4.66. The summed E-state index contributed by atoms with van der Waals surface area (Å²) < 4.78 is 15.7. The Hall–Kier alpha value is -3.36. The van der Waals surface area contributed by atoms with Crippen LogP contribution in [0.15, 0.2) is 42.9 Å². The molecule has 5 aromatic rings. The zero-order chi connectivity index (χ0) is 21.7. The third-order valence-electron chi connectivity index (χ3n) is 6.37. The molecular weight excluding hydrogens is 404 g/mol. The van der Waals surface area contributed by atoms with Crippen LogP contribution < -0.4 is 4.74 Å². The minimum Gasteiger partial charge on any atom is -0.492 e. The smallest absolute Gasteiger partial charge is 0.162 e. The maximum Gasteiger partial charge on any atom is 0.162 e. The lowest BCUT2D eigenvalue weighted by atomic mass is 10.1. The molecule has 1 saturated heterocycles. The van der Waals surface area contributed by atoms with Gasteiger partial charge < -0.3 is 19.1 Å². The van der Waals surface area contributed by atoms with Gasteiger partial charge in [0.05, 0.1) is 24.4 Å². The average molecular weight is 431 g/mol. The topological polar surface area (TPSA) is 73.1 Å². The molecule has 5 heterocycles. The molecule has 8 heteroatoms. The molecule has 0 aliphatic carbocycles. The molecule has 0 unspecified atom stereocenters. The first-order valence-electron chi connectivity index (χ1n) is 11.0. The van der Waals surface area contributed by atoms with Crippen LogP contribution >= 0.6 is 0 Å². The van der Waals surface area contributed by atoms with Crippen molar-refractivity contribution in [3.8, 4) is 17.0 Å². The zero-order valence-corrected chi connectivity index (χ0v) is 18.3. The van der Waals surface area contributed by atoms with Crippen LogP contribution in [-0.4, -0.2) is 68.7 Å². The number of pyridine rings is 1. The Bertz CT molecular complexity index is 1420. The van der Waals surface area contributed by atoms with Gasteiger partial charge in [-0.2, -0.15) is 0 Å². The molecular formula is C24H26N6O2. The van der Waals surface area contributed by atoms with Gasteiger partial charge in [0.25, 0.3) is 0 Å². The van der Waals surface area contributed by atoms with E-state index in [-0.39, 0.29) is 0 Å². The van der Waals surface area contributed by atoms with E-state index in [9.17, 15) is 0 Å².